The Morgan fingerprint density at radius 1 is 1.22 bits per heavy atom. The third-order valence-corrected chi connectivity index (χ3v) is 3.59. The third kappa shape index (κ3) is 5.61. The molecule has 0 aliphatic carbocycles. The van der Waals surface area contributed by atoms with E-state index in [-0.39, 0.29) is 12.1 Å². The maximum atomic E-state index is 12.0. The second-order valence-electron chi connectivity index (χ2n) is 6.03. The number of esters is 1. The van der Waals surface area contributed by atoms with Crippen molar-refractivity contribution in [2.75, 3.05) is 13.2 Å². The van der Waals surface area contributed by atoms with Crippen LogP contribution in [0.15, 0.2) is 30.3 Å². The Bertz CT molecular complexity index is 485. The Hall–Kier alpha value is -1.43. The van der Waals surface area contributed by atoms with Crippen molar-refractivity contribution < 1.29 is 23.7 Å². The van der Waals surface area contributed by atoms with Gasteiger partial charge in [0.25, 0.3) is 0 Å². The molecule has 0 unspecified atom stereocenters. The van der Waals surface area contributed by atoms with Gasteiger partial charge in [0.15, 0.2) is 11.9 Å². The first kappa shape index (κ1) is 17.9. The molecule has 2 rings (SSSR count). The minimum Gasteiger partial charge on any atom is -0.464 e. The number of carbonyl (C=O) groups excluding carboxylic acids is 1. The van der Waals surface area contributed by atoms with E-state index in [0.29, 0.717) is 26.2 Å². The highest BCUT2D eigenvalue weighted by Gasteiger charge is 2.45. The Morgan fingerprint density at radius 3 is 2.65 bits per heavy atom. The van der Waals surface area contributed by atoms with Gasteiger partial charge in [0.05, 0.1) is 19.3 Å². The van der Waals surface area contributed by atoms with Crippen molar-refractivity contribution in [3.8, 4) is 0 Å². The van der Waals surface area contributed by atoms with Crippen LogP contribution in [0.4, 0.5) is 0 Å². The fraction of sp³-hybridized carbons (Fsp3) is 0.611. The molecule has 0 amide bonds. The van der Waals surface area contributed by atoms with Crippen molar-refractivity contribution in [3.63, 3.8) is 0 Å². The molecule has 128 valence electrons. The van der Waals surface area contributed by atoms with Crippen molar-refractivity contribution in [2.24, 2.45) is 0 Å². The highest BCUT2D eigenvalue weighted by molar-refractivity contribution is 5.75. The zero-order valence-electron chi connectivity index (χ0n) is 14.1. The van der Waals surface area contributed by atoms with Gasteiger partial charge in [-0.15, -0.1) is 0 Å². The first-order valence-electron chi connectivity index (χ1n) is 8.16. The number of rotatable bonds is 8. The molecule has 0 spiro atoms. The third-order valence-electron chi connectivity index (χ3n) is 3.59. The van der Waals surface area contributed by atoms with Gasteiger partial charge in [-0.2, -0.15) is 0 Å². The van der Waals surface area contributed by atoms with E-state index in [4.69, 9.17) is 18.9 Å². The summed E-state index contributed by atoms with van der Waals surface area (Å²) in [6, 6.07) is 10.0. The van der Waals surface area contributed by atoms with E-state index in [0.717, 1.165) is 12.0 Å². The van der Waals surface area contributed by atoms with Crippen molar-refractivity contribution in [3.05, 3.63) is 35.9 Å². The molecule has 1 saturated heterocycles. The van der Waals surface area contributed by atoms with Crippen LogP contribution in [-0.4, -0.2) is 37.2 Å². The number of hydrogen-bond donors (Lipinski definition) is 0. The molecule has 1 aliphatic heterocycles. The highest BCUT2D eigenvalue weighted by atomic mass is 16.8. The second-order valence-corrected chi connectivity index (χ2v) is 6.03. The highest BCUT2D eigenvalue weighted by Crippen LogP contribution is 2.31. The molecule has 1 heterocycles. The molecule has 1 aliphatic rings. The van der Waals surface area contributed by atoms with E-state index >= 15 is 0 Å². The van der Waals surface area contributed by atoms with Crippen molar-refractivity contribution in [2.45, 2.75) is 58.2 Å². The number of carbonyl (C=O) groups is 1. The molecule has 2 atom stereocenters. The average molecular weight is 322 g/mol. The molecule has 23 heavy (non-hydrogen) atoms. The molecule has 5 nitrogen and oxygen atoms in total. The molecule has 1 aromatic rings. The topological polar surface area (TPSA) is 54.0 Å². The summed E-state index contributed by atoms with van der Waals surface area (Å²) in [4.78, 5) is 12.0. The first-order chi connectivity index (χ1) is 11.0. The SMILES string of the molecule is CCOC(=O)[C@@H]1OC(C)(C)O[C@H]1CCCOCc1ccccc1. The van der Waals surface area contributed by atoms with Gasteiger partial charge in [-0.05, 0) is 39.2 Å². The Labute approximate surface area is 137 Å². The molecule has 0 aromatic heterocycles. The second kappa shape index (κ2) is 8.43. The van der Waals surface area contributed by atoms with E-state index in [1.807, 2.05) is 44.2 Å². The summed E-state index contributed by atoms with van der Waals surface area (Å²) in [5.74, 6) is -1.11. The van der Waals surface area contributed by atoms with E-state index in [1.165, 1.54) is 0 Å². The van der Waals surface area contributed by atoms with Gasteiger partial charge >= 0.3 is 5.97 Å². The summed E-state index contributed by atoms with van der Waals surface area (Å²) in [5, 5.41) is 0. The van der Waals surface area contributed by atoms with Crippen molar-refractivity contribution in [1.29, 1.82) is 0 Å². The zero-order valence-corrected chi connectivity index (χ0v) is 14.1. The minimum absolute atomic E-state index is 0.288. The number of ether oxygens (including phenoxy) is 4. The van der Waals surface area contributed by atoms with Crippen LogP contribution in [0.25, 0.3) is 0 Å². The average Bonchev–Trinajstić information content (AvgIpc) is 2.83. The van der Waals surface area contributed by atoms with Crippen molar-refractivity contribution >= 4 is 5.97 Å². The largest absolute Gasteiger partial charge is 0.464 e. The van der Waals surface area contributed by atoms with Gasteiger partial charge in [0, 0.05) is 6.61 Å². The lowest BCUT2D eigenvalue weighted by molar-refractivity contribution is -0.170. The molecule has 0 radical (unpaired) electrons. The van der Waals surface area contributed by atoms with Crippen LogP contribution in [0.2, 0.25) is 0 Å². The summed E-state index contributed by atoms with van der Waals surface area (Å²) < 4.78 is 22.2. The number of hydrogen-bond acceptors (Lipinski definition) is 5. The zero-order chi connectivity index (χ0) is 16.7. The molecule has 1 aromatic carbocycles. The summed E-state index contributed by atoms with van der Waals surface area (Å²) >= 11 is 0. The maximum Gasteiger partial charge on any atom is 0.338 e. The van der Waals surface area contributed by atoms with Gasteiger partial charge in [-0.25, -0.2) is 4.79 Å². The Kier molecular flexibility index (Phi) is 6.57. The normalized spacial score (nSPS) is 22.9. The van der Waals surface area contributed by atoms with Crippen LogP contribution in [-0.2, 0) is 30.3 Å². The van der Waals surface area contributed by atoms with Crippen LogP contribution in [0.5, 0.6) is 0 Å². The standard InChI is InChI=1S/C18H26O5/c1-4-21-17(19)16-15(22-18(2,3)23-16)11-8-12-20-13-14-9-6-5-7-10-14/h5-7,9-10,15-16H,4,8,11-13H2,1-3H3/t15-,16+/m0/s1. The summed E-state index contributed by atoms with van der Waals surface area (Å²) in [6.45, 7) is 6.95. The number of benzene rings is 1. The van der Waals surface area contributed by atoms with Gasteiger partial charge in [0.2, 0.25) is 0 Å². The van der Waals surface area contributed by atoms with Crippen molar-refractivity contribution in [1.82, 2.24) is 0 Å². The Balaban J connectivity index is 1.73. The predicted molar refractivity (Wildman–Crippen MR) is 85.8 cm³/mol. The molecule has 0 saturated carbocycles. The van der Waals surface area contributed by atoms with Gasteiger partial charge in [-0.3, -0.25) is 0 Å². The lowest BCUT2D eigenvalue weighted by atomic mass is 10.1. The van der Waals surface area contributed by atoms with E-state index in [2.05, 4.69) is 0 Å². The predicted octanol–water partition coefficient (Wildman–Crippen LogP) is 3.07. The fourth-order valence-electron chi connectivity index (χ4n) is 2.62. The fourth-order valence-corrected chi connectivity index (χ4v) is 2.62. The minimum atomic E-state index is -0.757. The molecular weight excluding hydrogens is 296 g/mol. The quantitative estimate of drug-likeness (QED) is 0.544. The lowest BCUT2D eigenvalue weighted by Gasteiger charge is -2.16. The van der Waals surface area contributed by atoms with E-state index in [9.17, 15) is 4.79 Å². The van der Waals surface area contributed by atoms with Gasteiger partial charge in [-0.1, -0.05) is 30.3 Å². The van der Waals surface area contributed by atoms with E-state index < -0.39 is 11.9 Å². The first-order valence-corrected chi connectivity index (χ1v) is 8.16. The lowest BCUT2D eigenvalue weighted by Crippen LogP contribution is -2.33. The van der Waals surface area contributed by atoms with Crippen LogP contribution < -0.4 is 0 Å². The van der Waals surface area contributed by atoms with Crippen LogP contribution in [0, 0.1) is 0 Å². The summed E-state index contributed by atoms with van der Waals surface area (Å²) in [7, 11) is 0. The molecular formula is C18H26O5. The Morgan fingerprint density at radius 2 is 1.96 bits per heavy atom. The molecule has 1 fully saturated rings. The maximum absolute atomic E-state index is 12.0. The van der Waals surface area contributed by atoms with Crippen LogP contribution in [0.3, 0.4) is 0 Å². The molecule has 0 bridgehead atoms. The van der Waals surface area contributed by atoms with E-state index in [1.54, 1.807) is 6.92 Å². The van der Waals surface area contributed by atoms with Gasteiger partial charge < -0.3 is 18.9 Å². The van der Waals surface area contributed by atoms with Crippen LogP contribution >= 0.6 is 0 Å². The molecule has 0 N–H and O–H groups in total. The summed E-state index contributed by atoms with van der Waals surface area (Å²) in [6.07, 6.45) is 0.553. The van der Waals surface area contributed by atoms with Crippen LogP contribution in [0.1, 0.15) is 39.2 Å². The van der Waals surface area contributed by atoms with Gasteiger partial charge in [0.1, 0.15) is 0 Å². The smallest absolute Gasteiger partial charge is 0.338 e. The monoisotopic (exact) mass is 322 g/mol. The summed E-state index contributed by atoms with van der Waals surface area (Å²) in [5.41, 5.74) is 1.15. The molecule has 5 heteroatoms.